The van der Waals surface area contributed by atoms with Gasteiger partial charge in [-0.25, -0.2) is 4.98 Å². The standard InChI is InChI=1S/C14H16Cl2N2S/c1-9(15)13-17-12-10(16)4-3-5-11(12)18(13)8-14(19-2)6-7-14/h3-5,9H,6-8H2,1-2H3. The lowest BCUT2D eigenvalue weighted by Gasteiger charge is -2.17. The number of rotatable bonds is 4. The molecule has 0 aliphatic heterocycles. The minimum atomic E-state index is -0.110. The van der Waals surface area contributed by atoms with Gasteiger partial charge in [0.2, 0.25) is 0 Å². The van der Waals surface area contributed by atoms with Crippen LogP contribution in [-0.2, 0) is 6.54 Å². The topological polar surface area (TPSA) is 17.8 Å². The average molecular weight is 315 g/mol. The quantitative estimate of drug-likeness (QED) is 0.748. The van der Waals surface area contributed by atoms with Crippen molar-refractivity contribution in [2.75, 3.05) is 6.26 Å². The molecule has 1 unspecified atom stereocenters. The molecule has 102 valence electrons. The molecule has 0 saturated heterocycles. The van der Waals surface area contributed by atoms with Gasteiger partial charge in [0.15, 0.2) is 0 Å². The number of halogens is 2. The molecule has 19 heavy (non-hydrogen) atoms. The van der Waals surface area contributed by atoms with Gasteiger partial charge in [-0.3, -0.25) is 0 Å². The summed E-state index contributed by atoms with van der Waals surface area (Å²) in [4.78, 5) is 4.65. The average Bonchev–Trinajstić information content (AvgIpc) is 3.06. The van der Waals surface area contributed by atoms with Crippen molar-refractivity contribution in [3.05, 3.63) is 29.0 Å². The maximum atomic E-state index is 6.29. The van der Waals surface area contributed by atoms with Gasteiger partial charge in [-0.05, 0) is 38.2 Å². The number of nitrogens with zero attached hydrogens (tertiary/aromatic N) is 2. The van der Waals surface area contributed by atoms with Gasteiger partial charge in [0, 0.05) is 11.3 Å². The highest BCUT2D eigenvalue weighted by Gasteiger charge is 2.43. The third-order valence-electron chi connectivity index (χ3n) is 3.80. The number of para-hydroxylation sites is 1. The van der Waals surface area contributed by atoms with Gasteiger partial charge in [0.05, 0.1) is 15.9 Å². The highest BCUT2D eigenvalue weighted by Crippen LogP contribution is 2.49. The molecule has 1 fully saturated rings. The number of aromatic nitrogens is 2. The zero-order valence-electron chi connectivity index (χ0n) is 11.0. The highest BCUT2D eigenvalue weighted by atomic mass is 35.5. The Morgan fingerprint density at radius 1 is 1.47 bits per heavy atom. The van der Waals surface area contributed by atoms with E-state index in [4.69, 9.17) is 23.2 Å². The third kappa shape index (κ3) is 2.37. The zero-order valence-corrected chi connectivity index (χ0v) is 13.3. The number of hydrogen-bond donors (Lipinski definition) is 0. The van der Waals surface area contributed by atoms with E-state index < -0.39 is 0 Å². The zero-order chi connectivity index (χ0) is 13.6. The molecule has 3 rings (SSSR count). The van der Waals surface area contributed by atoms with Crippen LogP contribution in [0.1, 0.15) is 31.0 Å². The van der Waals surface area contributed by atoms with E-state index in [2.05, 4.69) is 21.9 Å². The van der Waals surface area contributed by atoms with Gasteiger partial charge in [-0.1, -0.05) is 17.7 Å². The molecule has 1 aliphatic rings. The SMILES string of the molecule is CSC1(Cn2c(C(C)Cl)nc3c(Cl)cccc32)CC1. The first-order valence-corrected chi connectivity index (χ1v) is 8.44. The maximum absolute atomic E-state index is 6.29. The summed E-state index contributed by atoms with van der Waals surface area (Å²) in [5.41, 5.74) is 1.96. The third-order valence-corrected chi connectivity index (χ3v) is 5.71. The predicted molar refractivity (Wildman–Crippen MR) is 84.5 cm³/mol. The summed E-state index contributed by atoms with van der Waals surface area (Å²) in [5.74, 6) is 0.921. The fourth-order valence-electron chi connectivity index (χ4n) is 2.45. The summed E-state index contributed by atoms with van der Waals surface area (Å²) >= 11 is 14.5. The molecule has 0 amide bonds. The van der Waals surface area contributed by atoms with Crippen molar-refractivity contribution in [3.63, 3.8) is 0 Å². The molecule has 0 radical (unpaired) electrons. The predicted octanol–water partition coefficient (Wildman–Crippen LogP) is 4.89. The van der Waals surface area contributed by atoms with Gasteiger partial charge in [-0.15, -0.1) is 11.6 Å². The first kappa shape index (κ1) is 13.6. The largest absolute Gasteiger partial charge is 0.325 e. The van der Waals surface area contributed by atoms with E-state index in [0.717, 1.165) is 23.4 Å². The van der Waals surface area contributed by atoms with Crippen LogP contribution in [0.2, 0.25) is 5.02 Å². The van der Waals surface area contributed by atoms with Crippen molar-refractivity contribution < 1.29 is 0 Å². The lowest BCUT2D eigenvalue weighted by Crippen LogP contribution is -2.16. The van der Waals surface area contributed by atoms with Crippen LogP contribution in [0.15, 0.2) is 18.2 Å². The Balaban J connectivity index is 2.14. The van der Waals surface area contributed by atoms with Crippen LogP contribution in [0.3, 0.4) is 0 Å². The Hall–Kier alpha value is -0.380. The van der Waals surface area contributed by atoms with Gasteiger partial charge in [0.1, 0.15) is 11.3 Å². The van der Waals surface area contributed by atoms with E-state index in [0.29, 0.717) is 9.77 Å². The van der Waals surface area contributed by atoms with Crippen LogP contribution in [0.25, 0.3) is 11.0 Å². The number of alkyl halides is 1. The van der Waals surface area contributed by atoms with Crippen molar-refractivity contribution in [2.24, 2.45) is 0 Å². The fourth-order valence-corrected chi connectivity index (χ4v) is 3.60. The number of fused-ring (bicyclic) bond motifs is 1. The van der Waals surface area contributed by atoms with E-state index >= 15 is 0 Å². The van der Waals surface area contributed by atoms with Crippen molar-refractivity contribution in [2.45, 2.75) is 36.4 Å². The monoisotopic (exact) mass is 314 g/mol. The molecule has 1 heterocycles. The van der Waals surface area contributed by atoms with Crippen molar-refractivity contribution in [3.8, 4) is 0 Å². The minimum Gasteiger partial charge on any atom is -0.325 e. The second-order valence-electron chi connectivity index (χ2n) is 5.17. The summed E-state index contributed by atoms with van der Waals surface area (Å²) < 4.78 is 2.62. The van der Waals surface area contributed by atoms with Crippen LogP contribution in [0.5, 0.6) is 0 Å². The molecular formula is C14H16Cl2N2S. The first-order chi connectivity index (χ1) is 9.06. The summed E-state index contributed by atoms with van der Waals surface area (Å²) in [6, 6.07) is 5.93. The Labute approximate surface area is 127 Å². The van der Waals surface area contributed by atoms with Crippen LogP contribution in [-0.4, -0.2) is 20.6 Å². The van der Waals surface area contributed by atoms with Crippen molar-refractivity contribution >= 4 is 46.0 Å². The van der Waals surface area contributed by atoms with Crippen molar-refractivity contribution in [1.29, 1.82) is 0 Å². The molecule has 0 N–H and O–H groups in total. The van der Waals surface area contributed by atoms with Gasteiger partial charge < -0.3 is 4.57 Å². The Bertz CT molecular complexity index is 617. The van der Waals surface area contributed by atoms with E-state index in [-0.39, 0.29) is 5.38 Å². The Morgan fingerprint density at radius 2 is 2.21 bits per heavy atom. The van der Waals surface area contributed by atoms with Gasteiger partial charge in [-0.2, -0.15) is 11.8 Å². The number of benzene rings is 1. The number of hydrogen-bond acceptors (Lipinski definition) is 2. The second kappa shape index (κ2) is 4.87. The highest BCUT2D eigenvalue weighted by molar-refractivity contribution is 8.00. The van der Waals surface area contributed by atoms with Gasteiger partial charge >= 0.3 is 0 Å². The van der Waals surface area contributed by atoms with E-state index in [1.54, 1.807) is 0 Å². The molecule has 0 spiro atoms. The summed E-state index contributed by atoms with van der Waals surface area (Å²) in [6.07, 6.45) is 4.72. The minimum absolute atomic E-state index is 0.110. The molecule has 1 aromatic carbocycles. The molecule has 2 aromatic rings. The van der Waals surface area contributed by atoms with Crippen LogP contribution in [0.4, 0.5) is 0 Å². The van der Waals surface area contributed by atoms with E-state index in [1.165, 1.54) is 12.8 Å². The summed E-state index contributed by atoms with van der Waals surface area (Å²) in [7, 11) is 0. The molecule has 2 nitrogen and oxygen atoms in total. The Kier molecular flexibility index (Phi) is 3.48. The first-order valence-electron chi connectivity index (χ1n) is 6.40. The fraction of sp³-hybridized carbons (Fsp3) is 0.500. The molecular weight excluding hydrogens is 299 g/mol. The number of imidazole rings is 1. The molecule has 1 aromatic heterocycles. The summed E-state index contributed by atoms with van der Waals surface area (Å²) in [5, 5.41) is 0.588. The maximum Gasteiger partial charge on any atom is 0.127 e. The lowest BCUT2D eigenvalue weighted by atomic mass is 10.3. The van der Waals surface area contributed by atoms with Crippen molar-refractivity contribution in [1.82, 2.24) is 9.55 Å². The molecule has 1 aliphatic carbocycles. The number of thioether (sulfide) groups is 1. The Morgan fingerprint density at radius 3 is 2.79 bits per heavy atom. The molecule has 1 atom stereocenters. The summed E-state index contributed by atoms with van der Waals surface area (Å²) in [6.45, 7) is 2.93. The van der Waals surface area contributed by atoms with E-state index in [9.17, 15) is 0 Å². The smallest absolute Gasteiger partial charge is 0.127 e. The molecule has 1 saturated carbocycles. The van der Waals surface area contributed by atoms with Crippen LogP contribution in [0, 0.1) is 0 Å². The normalized spacial score (nSPS) is 18.7. The van der Waals surface area contributed by atoms with E-state index in [1.807, 2.05) is 30.8 Å². The molecule has 5 heteroatoms. The van der Waals surface area contributed by atoms with Gasteiger partial charge in [0.25, 0.3) is 0 Å². The second-order valence-corrected chi connectivity index (χ2v) is 7.50. The molecule has 0 bridgehead atoms. The van der Waals surface area contributed by atoms with Crippen LogP contribution < -0.4 is 0 Å². The lowest BCUT2D eigenvalue weighted by molar-refractivity contribution is 0.639. The van der Waals surface area contributed by atoms with Crippen LogP contribution >= 0.6 is 35.0 Å².